The molecule has 1 aromatic carbocycles. The van der Waals surface area contributed by atoms with E-state index in [-0.39, 0.29) is 35.4 Å². The molecule has 2 heterocycles. The van der Waals surface area contributed by atoms with Gasteiger partial charge in [0, 0.05) is 18.1 Å². The highest BCUT2D eigenvalue weighted by Crippen LogP contribution is 2.36. The number of nitrogens with zero attached hydrogens (tertiary/aromatic N) is 4. The number of imidazole rings is 1. The van der Waals surface area contributed by atoms with Gasteiger partial charge in [-0.25, -0.2) is 9.37 Å². The van der Waals surface area contributed by atoms with Crippen LogP contribution >= 0.6 is 0 Å². The van der Waals surface area contributed by atoms with E-state index in [0.29, 0.717) is 5.65 Å². The first-order valence-electron chi connectivity index (χ1n) is 11.6. The summed E-state index contributed by atoms with van der Waals surface area (Å²) in [4.78, 5) is 13.4. The highest BCUT2D eigenvalue weighted by Gasteiger charge is 2.36. The molecular weight excluding hydrogens is 431 g/mol. The first-order chi connectivity index (χ1) is 15.9. The maximum atomic E-state index is 15.1. The fourth-order valence-electron chi connectivity index (χ4n) is 4.90. The van der Waals surface area contributed by atoms with Crippen LogP contribution in [0.2, 0.25) is 0 Å². The summed E-state index contributed by atoms with van der Waals surface area (Å²) in [6.07, 6.45) is 9.34. The highest BCUT2D eigenvalue weighted by molar-refractivity contribution is 5.84. The van der Waals surface area contributed by atoms with E-state index in [0.717, 1.165) is 63.5 Å². The Kier molecular flexibility index (Phi) is 5.86. The van der Waals surface area contributed by atoms with Gasteiger partial charge >= 0.3 is 6.05 Å². The Morgan fingerprint density at radius 2 is 1.73 bits per heavy atom. The molecule has 0 aliphatic heterocycles. The first kappa shape index (κ1) is 21.9. The standard InChI is InChI=1S/C23H28F3N7/c24-18-8-4-3-7-17(18)23(25,26)32-20-19-21(33(13-28-19)16-5-1-2-6-16)31-22(30-20)29-15-11-9-14(27)10-12-15/h3-4,7-8,13-16H,1-2,5-6,9-12,27H2,(H2,29,30,31,32). The Morgan fingerprint density at radius 1 is 1.00 bits per heavy atom. The number of aromatic nitrogens is 4. The maximum absolute atomic E-state index is 15.1. The summed E-state index contributed by atoms with van der Waals surface area (Å²) >= 11 is 0. The van der Waals surface area contributed by atoms with Gasteiger partial charge in [-0.05, 0) is 50.7 Å². The Morgan fingerprint density at radius 3 is 2.45 bits per heavy atom. The Labute approximate surface area is 190 Å². The lowest BCUT2D eigenvalue weighted by Crippen LogP contribution is -2.33. The van der Waals surface area contributed by atoms with Gasteiger partial charge in [0.2, 0.25) is 5.95 Å². The zero-order valence-electron chi connectivity index (χ0n) is 18.3. The van der Waals surface area contributed by atoms with Crippen LogP contribution in [0.1, 0.15) is 63.0 Å². The fraction of sp³-hybridized carbons (Fsp3) is 0.522. The molecule has 33 heavy (non-hydrogen) atoms. The summed E-state index contributed by atoms with van der Waals surface area (Å²) in [5.41, 5.74) is 6.00. The van der Waals surface area contributed by atoms with Gasteiger partial charge < -0.3 is 20.9 Å². The van der Waals surface area contributed by atoms with Crippen LogP contribution in [0, 0.1) is 5.82 Å². The minimum Gasteiger partial charge on any atom is -0.351 e. The molecule has 10 heteroatoms. The van der Waals surface area contributed by atoms with E-state index >= 15 is 8.78 Å². The molecule has 0 spiro atoms. The Hall–Kier alpha value is -2.88. The molecule has 4 N–H and O–H groups in total. The molecular formula is C23H28F3N7. The van der Waals surface area contributed by atoms with Crippen molar-refractivity contribution in [3.05, 3.63) is 42.0 Å². The average molecular weight is 460 g/mol. The van der Waals surface area contributed by atoms with Crippen molar-refractivity contribution >= 4 is 22.9 Å². The van der Waals surface area contributed by atoms with Crippen molar-refractivity contribution in [2.75, 3.05) is 10.6 Å². The van der Waals surface area contributed by atoms with Crippen LogP contribution in [-0.2, 0) is 6.05 Å². The van der Waals surface area contributed by atoms with Crippen molar-refractivity contribution in [1.82, 2.24) is 19.5 Å². The van der Waals surface area contributed by atoms with Crippen molar-refractivity contribution in [2.24, 2.45) is 5.73 Å². The zero-order chi connectivity index (χ0) is 23.0. The van der Waals surface area contributed by atoms with E-state index < -0.39 is 17.4 Å². The van der Waals surface area contributed by atoms with Gasteiger partial charge in [-0.1, -0.05) is 25.0 Å². The number of anilines is 2. The van der Waals surface area contributed by atoms with Crippen LogP contribution in [0.3, 0.4) is 0 Å². The quantitative estimate of drug-likeness (QED) is 0.453. The number of rotatable bonds is 6. The topological polar surface area (TPSA) is 93.7 Å². The van der Waals surface area contributed by atoms with Crippen LogP contribution in [0.15, 0.2) is 30.6 Å². The molecule has 2 aliphatic carbocycles. The zero-order valence-corrected chi connectivity index (χ0v) is 18.3. The van der Waals surface area contributed by atoms with Gasteiger partial charge in [0.25, 0.3) is 0 Å². The van der Waals surface area contributed by atoms with Gasteiger partial charge in [0.15, 0.2) is 17.0 Å². The molecule has 0 bridgehead atoms. The summed E-state index contributed by atoms with van der Waals surface area (Å²) in [6.45, 7) is 0. The molecule has 0 amide bonds. The SMILES string of the molecule is NC1CCC(Nc2nc(NC(F)(F)c3ccccc3F)c3ncn(C4CCCC4)c3n2)CC1. The molecule has 0 saturated heterocycles. The molecule has 0 atom stereocenters. The van der Waals surface area contributed by atoms with Crippen molar-refractivity contribution in [1.29, 1.82) is 0 Å². The molecule has 5 rings (SSSR count). The van der Waals surface area contributed by atoms with Crippen LogP contribution in [0.5, 0.6) is 0 Å². The van der Waals surface area contributed by atoms with Crippen molar-refractivity contribution in [3.8, 4) is 0 Å². The van der Waals surface area contributed by atoms with E-state index in [1.165, 1.54) is 12.1 Å². The lowest BCUT2D eigenvalue weighted by atomic mass is 9.92. The molecule has 3 aromatic rings. The summed E-state index contributed by atoms with van der Waals surface area (Å²) in [5, 5.41) is 5.45. The van der Waals surface area contributed by atoms with E-state index in [9.17, 15) is 4.39 Å². The number of alkyl halides is 2. The minimum absolute atomic E-state index is 0.116. The minimum atomic E-state index is -3.68. The van der Waals surface area contributed by atoms with Crippen molar-refractivity contribution in [3.63, 3.8) is 0 Å². The van der Waals surface area contributed by atoms with Gasteiger partial charge in [0.05, 0.1) is 11.9 Å². The normalized spacial score (nSPS) is 22.1. The third-order valence-electron chi connectivity index (χ3n) is 6.73. The summed E-state index contributed by atoms with van der Waals surface area (Å²) in [5.74, 6) is -0.858. The van der Waals surface area contributed by atoms with E-state index in [1.807, 2.05) is 4.57 Å². The smallest absolute Gasteiger partial charge is 0.351 e. The Balaban J connectivity index is 1.52. The second-order valence-electron chi connectivity index (χ2n) is 9.09. The third-order valence-corrected chi connectivity index (χ3v) is 6.73. The average Bonchev–Trinajstić information content (AvgIpc) is 3.45. The van der Waals surface area contributed by atoms with Crippen LogP contribution in [-0.4, -0.2) is 31.6 Å². The van der Waals surface area contributed by atoms with Gasteiger partial charge in [0.1, 0.15) is 5.82 Å². The fourth-order valence-corrected chi connectivity index (χ4v) is 4.90. The molecule has 2 saturated carbocycles. The van der Waals surface area contributed by atoms with E-state index in [1.54, 1.807) is 6.33 Å². The first-order valence-corrected chi connectivity index (χ1v) is 11.6. The third kappa shape index (κ3) is 4.48. The van der Waals surface area contributed by atoms with E-state index in [2.05, 4.69) is 25.6 Å². The second kappa shape index (κ2) is 8.81. The van der Waals surface area contributed by atoms with Gasteiger partial charge in [-0.3, -0.25) is 0 Å². The van der Waals surface area contributed by atoms with Crippen LogP contribution < -0.4 is 16.4 Å². The predicted molar refractivity (Wildman–Crippen MR) is 121 cm³/mol. The molecule has 2 aliphatic rings. The summed E-state index contributed by atoms with van der Waals surface area (Å²) in [7, 11) is 0. The van der Waals surface area contributed by atoms with Crippen molar-refractivity contribution < 1.29 is 13.2 Å². The largest absolute Gasteiger partial charge is 0.354 e. The maximum Gasteiger partial charge on any atom is 0.354 e. The highest BCUT2D eigenvalue weighted by atomic mass is 19.3. The molecule has 176 valence electrons. The number of nitrogens with one attached hydrogen (secondary N) is 2. The monoisotopic (exact) mass is 459 g/mol. The summed E-state index contributed by atoms with van der Waals surface area (Å²) in [6, 6.07) is 1.66. The number of fused-ring (bicyclic) bond motifs is 1. The van der Waals surface area contributed by atoms with Crippen LogP contribution in [0.25, 0.3) is 11.2 Å². The molecule has 0 radical (unpaired) electrons. The van der Waals surface area contributed by atoms with E-state index in [4.69, 9.17) is 5.73 Å². The molecule has 0 unspecified atom stereocenters. The predicted octanol–water partition coefficient (Wildman–Crippen LogP) is 4.92. The lowest BCUT2D eigenvalue weighted by molar-refractivity contribution is 0.0244. The number of halogens is 3. The van der Waals surface area contributed by atoms with Crippen molar-refractivity contribution in [2.45, 2.75) is 75.5 Å². The lowest BCUT2D eigenvalue weighted by Gasteiger charge is -2.27. The number of nitrogens with two attached hydrogens (primary N) is 1. The van der Waals surface area contributed by atoms with Crippen LogP contribution in [0.4, 0.5) is 24.9 Å². The molecule has 2 aromatic heterocycles. The number of hydrogen-bond donors (Lipinski definition) is 3. The van der Waals surface area contributed by atoms with Gasteiger partial charge in [-0.15, -0.1) is 0 Å². The number of hydrogen-bond acceptors (Lipinski definition) is 6. The second-order valence-corrected chi connectivity index (χ2v) is 9.09. The number of benzene rings is 1. The molecule has 7 nitrogen and oxygen atoms in total. The molecule has 2 fully saturated rings. The Bertz CT molecular complexity index is 1120. The van der Waals surface area contributed by atoms with Gasteiger partial charge in [-0.2, -0.15) is 18.7 Å². The summed E-state index contributed by atoms with van der Waals surface area (Å²) < 4.78 is 46.3.